The Labute approximate surface area is 235 Å². The van der Waals surface area contributed by atoms with E-state index in [1.807, 2.05) is 45.0 Å². The van der Waals surface area contributed by atoms with E-state index in [0.29, 0.717) is 17.5 Å². The van der Waals surface area contributed by atoms with Crippen molar-refractivity contribution in [2.75, 3.05) is 31.1 Å². The molecule has 4 aromatic rings. The lowest BCUT2D eigenvalue weighted by Crippen LogP contribution is -2.46. The van der Waals surface area contributed by atoms with Crippen LogP contribution in [0, 0.1) is 5.41 Å². The molecule has 0 spiro atoms. The van der Waals surface area contributed by atoms with Crippen LogP contribution < -0.4 is 10.7 Å². The largest absolute Gasteiger partial charge is 0.443 e. The summed E-state index contributed by atoms with van der Waals surface area (Å²) >= 11 is 0. The molecule has 1 aromatic heterocycles. The summed E-state index contributed by atoms with van der Waals surface area (Å²) in [5.74, 6) is -0.939. The Hall–Kier alpha value is -4.10. The van der Waals surface area contributed by atoms with Gasteiger partial charge in [-0.25, -0.2) is 9.36 Å². The van der Waals surface area contributed by atoms with Crippen LogP contribution in [0.5, 0.6) is 0 Å². The molecule has 5 rings (SSSR count). The van der Waals surface area contributed by atoms with Gasteiger partial charge in [0.2, 0.25) is 0 Å². The normalized spacial score (nSPS) is 15.6. The zero-order valence-electron chi connectivity index (χ0n) is 23.6. The van der Waals surface area contributed by atoms with Crippen LogP contribution >= 0.6 is 0 Å². The average Bonchev–Trinajstić information content (AvgIpc) is 3.31. The highest BCUT2D eigenvalue weighted by Crippen LogP contribution is 2.32. The van der Waals surface area contributed by atoms with Gasteiger partial charge in [0.05, 0.1) is 16.6 Å². The van der Waals surface area contributed by atoms with E-state index in [0.717, 1.165) is 44.0 Å². The standard InChI is InChI=1S/C33H37N3O4/c1-5-33(4,24(2)3)31(37)39-23-36-29-16-10-15-28(30(29)40-32(36)38)35-19-17-34(18-20-35)22-25-11-9-14-27(21-25)26-12-7-6-8-13-26/h6-16,21H,2,5,17-20,22-23H2,1,3-4H3. The van der Waals surface area contributed by atoms with E-state index in [4.69, 9.17) is 9.15 Å². The molecule has 1 fully saturated rings. The zero-order valence-corrected chi connectivity index (χ0v) is 23.6. The number of carbonyl (C=O) groups is 1. The van der Waals surface area contributed by atoms with Gasteiger partial charge in [-0.2, -0.15) is 0 Å². The molecule has 0 aliphatic carbocycles. The first-order valence-electron chi connectivity index (χ1n) is 13.9. The highest BCUT2D eigenvalue weighted by Gasteiger charge is 2.34. The fourth-order valence-electron chi connectivity index (χ4n) is 5.23. The monoisotopic (exact) mass is 539 g/mol. The number of aromatic nitrogens is 1. The molecular formula is C33H37N3O4. The van der Waals surface area contributed by atoms with Crippen LogP contribution in [0.4, 0.5) is 5.69 Å². The van der Waals surface area contributed by atoms with Crippen molar-refractivity contribution in [3.63, 3.8) is 0 Å². The number of anilines is 1. The van der Waals surface area contributed by atoms with Gasteiger partial charge in [0.1, 0.15) is 0 Å². The Bertz CT molecular complexity index is 1560. The van der Waals surface area contributed by atoms with Crippen molar-refractivity contribution in [2.24, 2.45) is 5.41 Å². The molecule has 1 aliphatic rings. The van der Waals surface area contributed by atoms with Crippen molar-refractivity contribution < 1.29 is 13.9 Å². The topological polar surface area (TPSA) is 67.9 Å². The molecule has 1 aliphatic heterocycles. The van der Waals surface area contributed by atoms with E-state index in [9.17, 15) is 9.59 Å². The smallest absolute Gasteiger partial charge is 0.422 e. The molecule has 7 nitrogen and oxygen atoms in total. The Morgan fingerprint density at radius 2 is 1.68 bits per heavy atom. The Balaban J connectivity index is 1.26. The Morgan fingerprint density at radius 3 is 2.38 bits per heavy atom. The summed E-state index contributed by atoms with van der Waals surface area (Å²) in [5, 5.41) is 0. The van der Waals surface area contributed by atoms with E-state index < -0.39 is 17.1 Å². The summed E-state index contributed by atoms with van der Waals surface area (Å²) in [5.41, 5.74) is 5.69. The number of piperazine rings is 1. The SMILES string of the molecule is C=C(C)C(C)(CC)C(=O)OCn1c(=O)oc2c(N3CCN(Cc4cccc(-c5ccccc5)c4)CC3)cccc21. The van der Waals surface area contributed by atoms with E-state index in [1.165, 1.54) is 21.3 Å². The van der Waals surface area contributed by atoms with Gasteiger partial charge >= 0.3 is 11.7 Å². The van der Waals surface area contributed by atoms with Crippen LogP contribution in [0.2, 0.25) is 0 Å². The minimum absolute atomic E-state index is 0.202. The molecular weight excluding hydrogens is 502 g/mol. The quantitative estimate of drug-likeness (QED) is 0.190. The molecule has 0 bridgehead atoms. The van der Waals surface area contributed by atoms with Crippen molar-refractivity contribution in [1.29, 1.82) is 0 Å². The second-order valence-electron chi connectivity index (χ2n) is 10.8. The van der Waals surface area contributed by atoms with Gasteiger partial charge in [-0.05, 0) is 55.2 Å². The molecule has 2 heterocycles. The Morgan fingerprint density at radius 1 is 0.975 bits per heavy atom. The lowest BCUT2D eigenvalue weighted by atomic mass is 9.81. The van der Waals surface area contributed by atoms with Gasteiger partial charge in [0.25, 0.3) is 0 Å². The van der Waals surface area contributed by atoms with Crippen LogP contribution in [-0.4, -0.2) is 41.6 Å². The van der Waals surface area contributed by atoms with Gasteiger partial charge in [-0.15, -0.1) is 0 Å². The molecule has 40 heavy (non-hydrogen) atoms. The number of benzene rings is 3. The van der Waals surface area contributed by atoms with E-state index >= 15 is 0 Å². The number of rotatable bonds is 9. The van der Waals surface area contributed by atoms with E-state index in [2.05, 4.69) is 64.9 Å². The van der Waals surface area contributed by atoms with Crippen molar-refractivity contribution >= 4 is 22.8 Å². The maximum Gasteiger partial charge on any atom is 0.422 e. The highest BCUT2D eigenvalue weighted by molar-refractivity contribution is 5.87. The second kappa shape index (κ2) is 11.6. The van der Waals surface area contributed by atoms with Crippen molar-refractivity contribution in [3.05, 3.63) is 101 Å². The summed E-state index contributed by atoms with van der Waals surface area (Å²) in [6.07, 6.45) is 0.566. The molecule has 0 N–H and O–H groups in total. The number of nitrogens with zero attached hydrogens (tertiary/aromatic N) is 3. The number of para-hydroxylation sites is 1. The molecule has 1 unspecified atom stereocenters. The van der Waals surface area contributed by atoms with Gasteiger partial charge in [-0.3, -0.25) is 9.69 Å². The highest BCUT2D eigenvalue weighted by atomic mass is 16.5. The number of ether oxygens (including phenoxy) is 1. The summed E-state index contributed by atoms with van der Waals surface area (Å²) in [6, 6.07) is 24.9. The van der Waals surface area contributed by atoms with Crippen LogP contribution in [0.15, 0.2) is 94.2 Å². The maximum atomic E-state index is 12.8. The third-order valence-electron chi connectivity index (χ3n) is 8.25. The number of hydrogen-bond acceptors (Lipinski definition) is 6. The van der Waals surface area contributed by atoms with E-state index in [-0.39, 0.29) is 6.73 Å². The maximum absolute atomic E-state index is 12.8. The lowest BCUT2D eigenvalue weighted by Gasteiger charge is -2.36. The van der Waals surface area contributed by atoms with Crippen molar-refractivity contribution in [3.8, 4) is 11.1 Å². The predicted octanol–water partition coefficient (Wildman–Crippen LogP) is 6.08. The number of fused-ring (bicyclic) bond motifs is 1. The molecule has 7 heteroatoms. The molecule has 1 saturated heterocycles. The van der Waals surface area contributed by atoms with Crippen molar-refractivity contribution in [1.82, 2.24) is 9.47 Å². The number of carbonyl (C=O) groups excluding carboxylic acids is 1. The minimum atomic E-state index is -0.795. The van der Waals surface area contributed by atoms with Gasteiger partial charge < -0.3 is 14.1 Å². The second-order valence-corrected chi connectivity index (χ2v) is 10.8. The summed E-state index contributed by atoms with van der Waals surface area (Å²) in [7, 11) is 0. The first-order valence-corrected chi connectivity index (χ1v) is 13.9. The average molecular weight is 540 g/mol. The molecule has 0 amide bonds. The zero-order chi connectivity index (χ0) is 28.3. The fraction of sp³-hybridized carbons (Fsp3) is 0.333. The summed E-state index contributed by atoms with van der Waals surface area (Å²) < 4.78 is 12.6. The van der Waals surface area contributed by atoms with Crippen LogP contribution in [0.3, 0.4) is 0 Å². The van der Waals surface area contributed by atoms with Gasteiger partial charge in [-0.1, -0.05) is 73.7 Å². The fourth-order valence-corrected chi connectivity index (χ4v) is 5.23. The summed E-state index contributed by atoms with van der Waals surface area (Å²) in [6.45, 7) is 13.6. The minimum Gasteiger partial charge on any atom is -0.443 e. The summed E-state index contributed by atoms with van der Waals surface area (Å²) in [4.78, 5) is 30.3. The van der Waals surface area contributed by atoms with Gasteiger partial charge in [0, 0.05) is 32.7 Å². The van der Waals surface area contributed by atoms with Crippen molar-refractivity contribution in [2.45, 2.75) is 40.5 Å². The third-order valence-corrected chi connectivity index (χ3v) is 8.25. The van der Waals surface area contributed by atoms with Crippen LogP contribution in [0.25, 0.3) is 22.2 Å². The lowest BCUT2D eigenvalue weighted by molar-refractivity contribution is -0.156. The van der Waals surface area contributed by atoms with Gasteiger partial charge in [0.15, 0.2) is 12.3 Å². The number of hydrogen-bond donors (Lipinski definition) is 0. The van der Waals surface area contributed by atoms with Crippen LogP contribution in [-0.2, 0) is 22.8 Å². The number of oxazole rings is 1. The first-order chi connectivity index (χ1) is 19.3. The third kappa shape index (κ3) is 5.47. The molecule has 0 radical (unpaired) electrons. The molecule has 208 valence electrons. The first kappa shape index (κ1) is 27.5. The van der Waals surface area contributed by atoms with E-state index in [1.54, 1.807) is 0 Å². The molecule has 0 saturated carbocycles. The predicted molar refractivity (Wildman–Crippen MR) is 159 cm³/mol. The number of esters is 1. The molecule has 1 atom stereocenters. The Kier molecular flexibility index (Phi) is 7.94. The molecule has 3 aromatic carbocycles. The van der Waals surface area contributed by atoms with Crippen LogP contribution in [0.1, 0.15) is 32.8 Å².